The molecule has 0 aliphatic rings. The maximum Gasteiger partial charge on any atom is 0.223 e. The first-order valence-electron chi connectivity index (χ1n) is 9.38. The van der Waals surface area contributed by atoms with Gasteiger partial charge in [-0.3, -0.25) is 14.6 Å². The average molecular weight is 389 g/mol. The summed E-state index contributed by atoms with van der Waals surface area (Å²) >= 11 is 0. The van der Waals surface area contributed by atoms with Gasteiger partial charge in [-0.25, -0.2) is 0 Å². The predicted molar refractivity (Wildman–Crippen MR) is 112 cm³/mol. The molecule has 1 heterocycles. The molecule has 2 aromatic carbocycles. The molecule has 148 valence electrons. The molecule has 0 saturated carbocycles. The summed E-state index contributed by atoms with van der Waals surface area (Å²) < 4.78 is 5.77. The van der Waals surface area contributed by atoms with Crippen molar-refractivity contribution in [2.24, 2.45) is 0 Å². The molecule has 0 saturated heterocycles. The van der Waals surface area contributed by atoms with Gasteiger partial charge in [0.1, 0.15) is 11.5 Å². The van der Waals surface area contributed by atoms with Gasteiger partial charge < -0.3 is 15.0 Å². The minimum Gasteiger partial charge on any atom is -0.457 e. The van der Waals surface area contributed by atoms with Crippen molar-refractivity contribution in [3.05, 3.63) is 84.7 Å². The van der Waals surface area contributed by atoms with Gasteiger partial charge in [-0.1, -0.05) is 18.2 Å². The quantitative estimate of drug-likeness (QED) is 0.634. The first-order valence-corrected chi connectivity index (χ1v) is 9.38. The third-order valence-electron chi connectivity index (χ3n) is 4.31. The Bertz CT molecular complexity index is 929. The Morgan fingerprint density at radius 2 is 1.59 bits per heavy atom. The first-order chi connectivity index (χ1) is 14.1. The predicted octanol–water partition coefficient (Wildman–Crippen LogP) is 3.93. The number of aromatic nitrogens is 1. The van der Waals surface area contributed by atoms with Gasteiger partial charge in [-0.15, -0.1) is 0 Å². The lowest BCUT2D eigenvalue weighted by molar-refractivity contribution is -0.121. The molecule has 0 radical (unpaired) electrons. The molecule has 0 atom stereocenters. The molecule has 6 heteroatoms. The van der Waals surface area contributed by atoms with E-state index in [1.165, 1.54) is 6.92 Å². The van der Waals surface area contributed by atoms with Crippen molar-refractivity contribution < 1.29 is 14.3 Å². The second-order valence-electron chi connectivity index (χ2n) is 6.46. The summed E-state index contributed by atoms with van der Waals surface area (Å²) in [5.41, 5.74) is 1.70. The highest BCUT2D eigenvalue weighted by Crippen LogP contribution is 2.24. The number of pyridine rings is 1. The van der Waals surface area contributed by atoms with Crippen LogP contribution in [0.2, 0.25) is 0 Å². The number of hydrogen-bond acceptors (Lipinski definition) is 4. The zero-order chi connectivity index (χ0) is 20.5. The molecule has 0 spiro atoms. The van der Waals surface area contributed by atoms with E-state index < -0.39 is 0 Å². The van der Waals surface area contributed by atoms with Crippen molar-refractivity contribution in [3.8, 4) is 11.5 Å². The molecular weight excluding hydrogens is 366 g/mol. The topological polar surface area (TPSA) is 71.5 Å². The van der Waals surface area contributed by atoms with E-state index in [2.05, 4.69) is 10.3 Å². The van der Waals surface area contributed by atoms with Crippen LogP contribution in [0.3, 0.4) is 0 Å². The van der Waals surface area contributed by atoms with Gasteiger partial charge in [-0.2, -0.15) is 0 Å². The largest absolute Gasteiger partial charge is 0.457 e. The molecule has 29 heavy (non-hydrogen) atoms. The van der Waals surface area contributed by atoms with Crippen LogP contribution in [0.1, 0.15) is 18.9 Å². The molecule has 2 amide bonds. The molecule has 3 aromatic rings. The molecule has 0 aliphatic heterocycles. The van der Waals surface area contributed by atoms with Crippen molar-refractivity contribution in [1.29, 1.82) is 0 Å². The summed E-state index contributed by atoms with van der Waals surface area (Å²) in [6, 6.07) is 20.4. The smallest absolute Gasteiger partial charge is 0.223 e. The van der Waals surface area contributed by atoms with Crippen LogP contribution in [0.25, 0.3) is 0 Å². The summed E-state index contributed by atoms with van der Waals surface area (Å²) in [4.78, 5) is 29.7. The average Bonchev–Trinajstić information content (AvgIpc) is 2.75. The number of carbonyl (C=O) groups is 2. The van der Waals surface area contributed by atoms with Crippen molar-refractivity contribution in [3.63, 3.8) is 0 Å². The van der Waals surface area contributed by atoms with E-state index in [1.54, 1.807) is 17.3 Å². The molecule has 6 nitrogen and oxygen atoms in total. The molecule has 0 fully saturated rings. The van der Waals surface area contributed by atoms with Crippen molar-refractivity contribution >= 4 is 17.5 Å². The number of ether oxygens (including phenoxy) is 1. The minimum absolute atomic E-state index is 0.114. The highest BCUT2D eigenvalue weighted by atomic mass is 16.5. The fraction of sp³-hybridized carbons (Fsp3) is 0.174. The summed E-state index contributed by atoms with van der Waals surface area (Å²) in [7, 11) is 0. The van der Waals surface area contributed by atoms with E-state index in [0.717, 1.165) is 17.0 Å². The Balaban J connectivity index is 1.55. The molecule has 1 aromatic heterocycles. The third kappa shape index (κ3) is 6.17. The number of amides is 2. The van der Waals surface area contributed by atoms with Crippen LogP contribution in [0, 0.1) is 0 Å². The standard InChI is InChI=1S/C23H23N3O3/c1-18(27)26(16-13-23(28)25-17-19-11-14-24-15-12-19)20-7-9-22(10-8-20)29-21-5-3-2-4-6-21/h2-12,14-15H,13,16-17H2,1H3,(H,25,28). The van der Waals surface area contributed by atoms with Gasteiger partial charge in [0.05, 0.1) is 0 Å². The van der Waals surface area contributed by atoms with Gasteiger partial charge in [-0.05, 0) is 54.1 Å². The summed E-state index contributed by atoms with van der Waals surface area (Å²) in [6.07, 6.45) is 3.58. The van der Waals surface area contributed by atoms with E-state index in [0.29, 0.717) is 18.8 Å². The Labute approximate surface area is 170 Å². The number of nitrogens with zero attached hydrogens (tertiary/aromatic N) is 2. The van der Waals surface area contributed by atoms with Crippen LogP contribution in [0.5, 0.6) is 11.5 Å². The van der Waals surface area contributed by atoms with E-state index in [1.807, 2.05) is 66.7 Å². The maximum absolute atomic E-state index is 12.1. The monoisotopic (exact) mass is 389 g/mol. The van der Waals surface area contributed by atoms with Crippen LogP contribution in [-0.2, 0) is 16.1 Å². The van der Waals surface area contributed by atoms with Gasteiger partial charge in [0.2, 0.25) is 11.8 Å². The minimum atomic E-state index is -0.122. The highest BCUT2D eigenvalue weighted by Gasteiger charge is 2.13. The van der Waals surface area contributed by atoms with Crippen molar-refractivity contribution in [1.82, 2.24) is 10.3 Å². The van der Waals surface area contributed by atoms with Crippen LogP contribution < -0.4 is 15.0 Å². The number of para-hydroxylation sites is 1. The third-order valence-corrected chi connectivity index (χ3v) is 4.31. The summed E-state index contributed by atoms with van der Waals surface area (Å²) in [5.74, 6) is 1.19. The van der Waals surface area contributed by atoms with Gasteiger partial charge in [0.25, 0.3) is 0 Å². The Hall–Kier alpha value is -3.67. The number of anilines is 1. The SMILES string of the molecule is CC(=O)N(CCC(=O)NCc1ccncc1)c1ccc(Oc2ccccc2)cc1. The zero-order valence-corrected chi connectivity index (χ0v) is 16.2. The van der Waals surface area contributed by atoms with Gasteiger partial charge in [0, 0.05) is 44.5 Å². The molecule has 0 bridgehead atoms. The summed E-state index contributed by atoms with van der Waals surface area (Å²) in [6.45, 7) is 2.23. The van der Waals surface area contributed by atoms with E-state index in [-0.39, 0.29) is 18.2 Å². The lowest BCUT2D eigenvalue weighted by Gasteiger charge is -2.21. The molecule has 1 N–H and O–H groups in total. The lowest BCUT2D eigenvalue weighted by Crippen LogP contribution is -2.33. The Kier molecular flexibility index (Phi) is 6.95. The van der Waals surface area contributed by atoms with E-state index in [4.69, 9.17) is 4.74 Å². The Morgan fingerprint density at radius 1 is 0.931 bits per heavy atom. The van der Waals surface area contributed by atoms with Crippen molar-refractivity contribution in [2.45, 2.75) is 19.9 Å². The maximum atomic E-state index is 12.1. The zero-order valence-electron chi connectivity index (χ0n) is 16.2. The molecule has 0 unspecified atom stereocenters. The number of benzene rings is 2. The molecule has 0 aliphatic carbocycles. The summed E-state index contributed by atoms with van der Waals surface area (Å²) in [5, 5.41) is 2.86. The number of nitrogens with one attached hydrogen (secondary N) is 1. The second kappa shape index (κ2) is 10.0. The van der Waals surface area contributed by atoms with E-state index in [9.17, 15) is 9.59 Å². The number of hydrogen-bond donors (Lipinski definition) is 1. The van der Waals surface area contributed by atoms with E-state index >= 15 is 0 Å². The fourth-order valence-electron chi connectivity index (χ4n) is 2.79. The fourth-order valence-corrected chi connectivity index (χ4v) is 2.79. The lowest BCUT2D eigenvalue weighted by atomic mass is 10.2. The number of rotatable bonds is 8. The van der Waals surface area contributed by atoms with Crippen LogP contribution in [-0.4, -0.2) is 23.3 Å². The number of carbonyl (C=O) groups excluding carboxylic acids is 2. The highest BCUT2D eigenvalue weighted by molar-refractivity contribution is 5.92. The second-order valence-corrected chi connectivity index (χ2v) is 6.46. The first kappa shape index (κ1) is 20.1. The Morgan fingerprint density at radius 3 is 2.24 bits per heavy atom. The van der Waals surface area contributed by atoms with Crippen molar-refractivity contribution in [2.75, 3.05) is 11.4 Å². The van der Waals surface area contributed by atoms with Crippen LogP contribution in [0.4, 0.5) is 5.69 Å². The van der Waals surface area contributed by atoms with Gasteiger partial charge in [0.15, 0.2) is 0 Å². The molecule has 3 rings (SSSR count). The van der Waals surface area contributed by atoms with Crippen LogP contribution >= 0.6 is 0 Å². The normalized spacial score (nSPS) is 10.2. The van der Waals surface area contributed by atoms with Gasteiger partial charge >= 0.3 is 0 Å². The van der Waals surface area contributed by atoms with Crippen LogP contribution in [0.15, 0.2) is 79.1 Å². The molecular formula is C23H23N3O3.